The van der Waals surface area contributed by atoms with Crippen molar-refractivity contribution >= 4 is 17.3 Å². The topological polar surface area (TPSA) is 46.0 Å². The predicted octanol–water partition coefficient (Wildman–Crippen LogP) is 2.75. The summed E-state index contributed by atoms with van der Waals surface area (Å²) in [5.74, 6) is -0.342. The van der Waals surface area contributed by atoms with Crippen LogP contribution in [0.3, 0.4) is 0 Å². The third-order valence-electron chi connectivity index (χ3n) is 5.45. The lowest BCUT2D eigenvalue weighted by Crippen LogP contribution is -3.13. The van der Waals surface area contributed by atoms with E-state index in [1.54, 1.807) is 17.0 Å². The number of nitrogens with one attached hydrogen (secondary N) is 2. The lowest BCUT2D eigenvalue weighted by Gasteiger charge is -2.33. The number of hydrogen-bond acceptors (Lipinski definition) is 3. The van der Waals surface area contributed by atoms with Gasteiger partial charge in [-0.05, 0) is 36.4 Å². The largest absolute Gasteiger partial charge is 0.484 e. The first kappa shape index (κ1) is 20.9. The van der Waals surface area contributed by atoms with Crippen LogP contribution in [0.15, 0.2) is 78.9 Å². The smallest absolute Gasteiger partial charge is 0.262 e. The Kier molecular flexibility index (Phi) is 6.79. The van der Waals surface area contributed by atoms with Crippen LogP contribution in [0.1, 0.15) is 5.56 Å². The number of benzene rings is 3. The Morgan fingerprint density at radius 3 is 2.42 bits per heavy atom. The highest BCUT2D eigenvalue weighted by atomic mass is 19.1. The van der Waals surface area contributed by atoms with Gasteiger partial charge in [-0.2, -0.15) is 0 Å². The van der Waals surface area contributed by atoms with Crippen molar-refractivity contribution in [1.82, 2.24) is 0 Å². The van der Waals surface area contributed by atoms with Crippen LogP contribution in [0, 0.1) is 5.82 Å². The highest BCUT2D eigenvalue weighted by Crippen LogP contribution is 2.18. The maximum atomic E-state index is 13.2. The molecule has 5 nitrogen and oxygen atoms in total. The first-order chi connectivity index (χ1) is 15.2. The number of carbonyl (C=O) groups is 1. The maximum absolute atomic E-state index is 13.2. The number of halogens is 1. The Labute approximate surface area is 182 Å². The SMILES string of the molecule is O=C(COc1cccc(F)c1)Nc1ccc(N2CC[NH+](Cc3ccccc3)CC2)cc1. The monoisotopic (exact) mass is 420 g/mol. The molecule has 160 valence electrons. The maximum Gasteiger partial charge on any atom is 0.262 e. The summed E-state index contributed by atoms with van der Waals surface area (Å²) in [6.45, 7) is 5.12. The fourth-order valence-corrected chi connectivity index (χ4v) is 3.80. The van der Waals surface area contributed by atoms with E-state index in [0.717, 1.165) is 38.4 Å². The van der Waals surface area contributed by atoms with E-state index in [4.69, 9.17) is 4.74 Å². The van der Waals surface area contributed by atoms with Crippen LogP contribution in [0.25, 0.3) is 0 Å². The van der Waals surface area contributed by atoms with E-state index >= 15 is 0 Å². The quantitative estimate of drug-likeness (QED) is 0.618. The highest BCUT2D eigenvalue weighted by Gasteiger charge is 2.20. The number of quaternary nitrogens is 1. The minimum Gasteiger partial charge on any atom is -0.484 e. The number of carbonyl (C=O) groups excluding carboxylic acids is 1. The minimum atomic E-state index is -0.393. The Morgan fingerprint density at radius 2 is 1.71 bits per heavy atom. The van der Waals surface area contributed by atoms with Crippen LogP contribution in [0.4, 0.5) is 15.8 Å². The van der Waals surface area contributed by atoms with Gasteiger partial charge in [0.15, 0.2) is 6.61 Å². The average molecular weight is 421 g/mol. The molecule has 1 aliphatic rings. The second kappa shape index (κ2) is 10.1. The van der Waals surface area contributed by atoms with Gasteiger partial charge in [-0.25, -0.2) is 4.39 Å². The van der Waals surface area contributed by atoms with Gasteiger partial charge in [0, 0.05) is 23.0 Å². The van der Waals surface area contributed by atoms with Gasteiger partial charge in [-0.1, -0.05) is 36.4 Å². The average Bonchev–Trinajstić information content (AvgIpc) is 2.80. The molecular formula is C25H27FN3O2+. The lowest BCUT2D eigenvalue weighted by molar-refractivity contribution is -0.914. The van der Waals surface area contributed by atoms with E-state index in [1.807, 2.05) is 24.3 Å². The van der Waals surface area contributed by atoms with Crippen LogP contribution in [-0.2, 0) is 11.3 Å². The van der Waals surface area contributed by atoms with Gasteiger partial charge in [0.1, 0.15) is 18.1 Å². The highest BCUT2D eigenvalue weighted by molar-refractivity contribution is 5.92. The summed E-state index contributed by atoms with van der Waals surface area (Å²) in [6, 6.07) is 24.2. The molecule has 2 N–H and O–H groups in total. The van der Waals surface area contributed by atoms with Crippen molar-refractivity contribution in [3.05, 3.63) is 90.2 Å². The van der Waals surface area contributed by atoms with Crippen molar-refractivity contribution in [3.63, 3.8) is 0 Å². The summed E-state index contributed by atoms with van der Waals surface area (Å²) in [7, 11) is 0. The molecule has 0 saturated carbocycles. The molecule has 1 heterocycles. The van der Waals surface area contributed by atoms with E-state index in [9.17, 15) is 9.18 Å². The van der Waals surface area contributed by atoms with Gasteiger partial charge < -0.3 is 19.9 Å². The van der Waals surface area contributed by atoms with Crippen molar-refractivity contribution in [2.45, 2.75) is 6.54 Å². The van der Waals surface area contributed by atoms with Gasteiger partial charge >= 0.3 is 0 Å². The first-order valence-corrected chi connectivity index (χ1v) is 10.6. The van der Waals surface area contributed by atoms with Crippen molar-refractivity contribution < 1.29 is 18.8 Å². The minimum absolute atomic E-state index is 0.169. The van der Waals surface area contributed by atoms with Gasteiger partial charge in [-0.3, -0.25) is 4.79 Å². The molecule has 0 radical (unpaired) electrons. The zero-order valence-electron chi connectivity index (χ0n) is 17.4. The molecular weight excluding hydrogens is 393 g/mol. The number of hydrogen-bond donors (Lipinski definition) is 2. The van der Waals surface area contributed by atoms with Crippen molar-refractivity contribution in [1.29, 1.82) is 0 Å². The summed E-state index contributed by atoms with van der Waals surface area (Å²) in [5.41, 5.74) is 3.25. The van der Waals surface area contributed by atoms with E-state index in [2.05, 4.69) is 40.5 Å². The normalized spacial score (nSPS) is 14.3. The molecule has 3 aromatic carbocycles. The molecule has 1 amide bonds. The number of nitrogens with zero attached hydrogens (tertiary/aromatic N) is 1. The molecule has 0 unspecified atom stereocenters. The lowest BCUT2D eigenvalue weighted by atomic mass is 10.2. The van der Waals surface area contributed by atoms with Crippen molar-refractivity contribution in [2.24, 2.45) is 0 Å². The second-order valence-corrected chi connectivity index (χ2v) is 7.74. The standard InChI is InChI=1S/C25H26FN3O2/c26-21-7-4-8-24(17-21)31-19-25(30)27-22-9-11-23(12-10-22)29-15-13-28(14-16-29)18-20-5-2-1-3-6-20/h1-12,17H,13-16,18-19H2,(H,27,30)/p+1. The Bertz CT molecular complexity index is 987. The number of piperazine rings is 1. The van der Waals surface area contributed by atoms with Crippen LogP contribution < -0.4 is 19.9 Å². The molecule has 0 bridgehead atoms. The Morgan fingerprint density at radius 1 is 0.968 bits per heavy atom. The molecule has 0 aliphatic carbocycles. The molecule has 1 fully saturated rings. The van der Waals surface area contributed by atoms with Crippen molar-refractivity contribution in [2.75, 3.05) is 43.0 Å². The number of rotatable bonds is 7. The van der Waals surface area contributed by atoms with E-state index in [0.29, 0.717) is 11.4 Å². The van der Waals surface area contributed by atoms with Crippen LogP contribution in [0.5, 0.6) is 5.75 Å². The summed E-state index contributed by atoms with van der Waals surface area (Å²) < 4.78 is 18.5. The summed E-state index contributed by atoms with van der Waals surface area (Å²) in [4.78, 5) is 16.1. The number of amides is 1. The van der Waals surface area contributed by atoms with Crippen LogP contribution in [0.2, 0.25) is 0 Å². The summed E-state index contributed by atoms with van der Waals surface area (Å²) >= 11 is 0. The van der Waals surface area contributed by atoms with E-state index in [1.165, 1.54) is 17.7 Å². The zero-order valence-corrected chi connectivity index (χ0v) is 17.4. The van der Waals surface area contributed by atoms with E-state index in [-0.39, 0.29) is 12.5 Å². The summed E-state index contributed by atoms with van der Waals surface area (Å²) in [6.07, 6.45) is 0. The third-order valence-corrected chi connectivity index (χ3v) is 5.45. The fraction of sp³-hybridized carbons (Fsp3) is 0.240. The zero-order chi connectivity index (χ0) is 21.5. The van der Waals surface area contributed by atoms with Gasteiger partial charge in [0.05, 0.1) is 26.2 Å². The Balaban J connectivity index is 1.23. The molecule has 0 aromatic heterocycles. The van der Waals surface area contributed by atoms with Gasteiger partial charge in [0.25, 0.3) is 5.91 Å². The fourth-order valence-electron chi connectivity index (χ4n) is 3.80. The molecule has 1 aliphatic heterocycles. The van der Waals surface area contributed by atoms with Crippen molar-refractivity contribution in [3.8, 4) is 5.75 Å². The number of ether oxygens (including phenoxy) is 1. The first-order valence-electron chi connectivity index (χ1n) is 10.6. The second-order valence-electron chi connectivity index (χ2n) is 7.74. The Hall–Kier alpha value is -3.38. The molecule has 0 spiro atoms. The van der Waals surface area contributed by atoms with Gasteiger partial charge in [-0.15, -0.1) is 0 Å². The molecule has 4 rings (SSSR count). The molecule has 3 aromatic rings. The van der Waals surface area contributed by atoms with Crippen LogP contribution in [-0.4, -0.2) is 38.7 Å². The molecule has 31 heavy (non-hydrogen) atoms. The van der Waals surface area contributed by atoms with Crippen LogP contribution >= 0.6 is 0 Å². The third kappa shape index (κ3) is 6.06. The molecule has 0 atom stereocenters. The molecule has 6 heteroatoms. The molecule has 1 saturated heterocycles. The predicted molar refractivity (Wildman–Crippen MR) is 120 cm³/mol. The number of anilines is 2. The summed E-state index contributed by atoms with van der Waals surface area (Å²) in [5, 5.41) is 2.81. The van der Waals surface area contributed by atoms with E-state index < -0.39 is 5.82 Å². The van der Waals surface area contributed by atoms with Gasteiger partial charge in [0.2, 0.25) is 0 Å².